The molecule has 0 saturated carbocycles. The van der Waals surface area contributed by atoms with E-state index in [9.17, 15) is 4.79 Å². The number of hydrogen-bond donors (Lipinski definition) is 2. The van der Waals surface area contributed by atoms with E-state index < -0.39 is 0 Å². The fourth-order valence-electron chi connectivity index (χ4n) is 2.07. The largest absolute Gasteiger partial charge is 0.385 e. The smallest absolute Gasteiger partial charge is 0.255 e. The summed E-state index contributed by atoms with van der Waals surface area (Å²) in [6.45, 7) is 4.93. The van der Waals surface area contributed by atoms with Crippen molar-refractivity contribution in [3.63, 3.8) is 0 Å². The summed E-state index contributed by atoms with van der Waals surface area (Å²) in [6.07, 6.45) is 2.03. The molecule has 2 aromatic carbocycles. The van der Waals surface area contributed by atoms with Crippen molar-refractivity contribution in [2.75, 3.05) is 23.4 Å². The van der Waals surface area contributed by atoms with Crippen LogP contribution in [0.1, 0.15) is 22.8 Å². The first-order chi connectivity index (χ1) is 10.1. The Bertz CT molecular complexity index is 623. The lowest BCUT2D eigenvalue weighted by Gasteiger charge is -2.10. The van der Waals surface area contributed by atoms with Crippen LogP contribution >= 0.6 is 11.8 Å². The Morgan fingerprint density at radius 1 is 1.14 bits per heavy atom. The summed E-state index contributed by atoms with van der Waals surface area (Å²) in [5.74, 6) is -0.0851. The Balaban J connectivity index is 2.10. The number of benzene rings is 2. The van der Waals surface area contributed by atoms with Crippen LogP contribution in [-0.4, -0.2) is 18.7 Å². The van der Waals surface area contributed by atoms with Crippen molar-refractivity contribution in [3.05, 3.63) is 53.6 Å². The summed E-state index contributed by atoms with van der Waals surface area (Å²) < 4.78 is 0. The highest BCUT2D eigenvalue weighted by atomic mass is 32.2. The maximum absolute atomic E-state index is 12.3. The topological polar surface area (TPSA) is 41.1 Å². The zero-order valence-corrected chi connectivity index (χ0v) is 13.4. The Morgan fingerprint density at radius 2 is 1.86 bits per heavy atom. The third-order valence-electron chi connectivity index (χ3n) is 3.20. The van der Waals surface area contributed by atoms with Crippen molar-refractivity contribution in [1.29, 1.82) is 0 Å². The molecule has 0 fully saturated rings. The zero-order valence-electron chi connectivity index (χ0n) is 12.6. The second kappa shape index (κ2) is 7.18. The summed E-state index contributed by atoms with van der Waals surface area (Å²) in [6, 6.07) is 13.5. The van der Waals surface area contributed by atoms with E-state index in [-0.39, 0.29) is 5.91 Å². The molecule has 0 aliphatic heterocycles. The minimum absolute atomic E-state index is 0.0851. The van der Waals surface area contributed by atoms with E-state index >= 15 is 0 Å². The number of anilines is 2. The first-order valence-corrected chi connectivity index (χ1v) is 8.16. The minimum Gasteiger partial charge on any atom is -0.385 e. The molecule has 0 radical (unpaired) electrons. The SMILES string of the molecule is CCNc1ccc(C(=O)Nc2ccc(SC)cc2)cc1C. The lowest BCUT2D eigenvalue weighted by atomic mass is 10.1. The van der Waals surface area contributed by atoms with Crippen LogP contribution in [0.3, 0.4) is 0 Å². The van der Waals surface area contributed by atoms with Gasteiger partial charge in [-0.05, 0) is 68.1 Å². The number of thioether (sulfide) groups is 1. The molecule has 2 aromatic rings. The molecule has 0 unspecified atom stereocenters. The van der Waals surface area contributed by atoms with Gasteiger partial charge in [-0.1, -0.05) is 0 Å². The maximum atomic E-state index is 12.3. The van der Waals surface area contributed by atoms with Gasteiger partial charge in [-0.2, -0.15) is 0 Å². The van der Waals surface area contributed by atoms with Crippen LogP contribution < -0.4 is 10.6 Å². The van der Waals surface area contributed by atoms with Crippen LogP contribution in [0.5, 0.6) is 0 Å². The summed E-state index contributed by atoms with van der Waals surface area (Å²) in [7, 11) is 0. The van der Waals surface area contributed by atoms with Gasteiger partial charge in [-0.15, -0.1) is 11.8 Å². The predicted octanol–water partition coefficient (Wildman–Crippen LogP) is 4.40. The van der Waals surface area contributed by atoms with Crippen molar-refractivity contribution < 1.29 is 4.79 Å². The molecular formula is C17H20N2OS. The summed E-state index contributed by atoms with van der Waals surface area (Å²) >= 11 is 1.68. The number of aryl methyl sites for hydroxylation is 1. The second-order valence-corrected chi connectivity index (χ2v) is 5.62. The molecule has 0 aliphatic carbocycles. The standard InChI is InChI=1S/C17H20N2OS/c1-4-18-16-10-5-13(11-12(16)2)17(20)19-14-6-8-15(21-3)9-7-14/h5-11,18H,4H2,1-3H3,(H,19,20). The number of amides is 1. The van der Waals surface area contributed by atoms with Gasteiger partial charge in [0, 0.05) is 28.4 Å². The van der Waals surface area contributed by atoms with Crippen molar-refractivity contribution in [1.82, 2.24) is 0 Å². The van der Waals surface area contributed by atoms with Crippen LogP contribution in [0.4, 0.5) is 11.4 Å². The third kappa shape index (κ3) is 4.02. The fraction of sp³-hybridized carbons (Fsp3) is 0.235. The van der Waals surface area contributed by atoms with Gasteiger partial charge in [-0.25, -0.2) is 0 Å². The Hall–Kier alpha value is -1.94. The van der Waals surface area contributed by atoms with Crippen molar-refractivity contribution >= 4 is 29.0 Å². The molecule has 0 saturated heterocycles. The molecule has 3 nitrogen and oxygen atoms in total. The van der Waals surface area contributed by atoms with Gasteiger partial charge >= 0.3 is 0 Å². The average molecular weight is 300 g/mol. The molecule has 0 spiro atoms. The molecule has 0 aromatic heterocycles. The van der Waals surface area contributed by atoms with Gasteiger partial charge in [-0.3, -0.25) is 4.79 Å². The molecule has 0 aliphatic rings. The highest BCUT2D eigenvalue weighted by Gasteiger charge is 2.08. The molecule has 0 bridgehead atoms. The summed E-state index contributed by atoms with van der Waals surface area (Å²) in [5, 5.41) is 6.19. The molecular weight excluding hydrogens is 280 g/mol. The van der Waals surface area contributed by atoms with E-state index in [1.54, 1.807) is 11.8 Å². The monoisotopic (exact) mass is 300 g/mol. The van der Waals surface area contributed by atoms with E-state index in [0.29, 0.717) is 5.56 Å². The van der Waals surface area contributed by atoms with E-state index in [0.717, 1.165) is 23.5 Å². The second-order valence-electron chi connectivity index (χ2n) is 4.74. The number of carbonyl (C=O) groups excluding carboxylic acids is 1. The van der Waals surface area contributed by atoms with Crippen LogP contribution in [0.15, 0.2) is 47.4 Å². The summed E-state index contributed by atoms with van der Waals surface area (Å²) in [5.41, 5.74) is 3.62. The van der Waals surface area contributed by atoms with Gasteiger partial charge in [0.05, 0.1) is 0 Å². The normalized spacial score (nSPS) is 10.2. The molecule has 0 heterocycles. The first-order valence-electron chi connectivity index (χ1n) is 6.94. The maximum Gasteiger partial charge on any atom is 0.255 e. The van der Waals surface area contributed by atoms with E-state index in [2.05, 4.69) is 17.6 Å². The van der Waals surface area contributed by atoms with Crippen LogP contribution in [0.25, 0.3) is 0 Å². The van der Waals surface area contributed by atoms with Gasteiger partial charge in [0.2, 0.25) is 0 Å². The van der Waals surface area contributed by atoms with Crippen molar-refractivity contribution in [2.24, 2.45) is 0 Å². The molecule has 110 valence electrons. The van der Waals surface area contributed by atoms with E-state index in [1.807, 2.05) is 55.6 Å². The van der Waals surface area contributed by atoms with E-state index in [4.69, 9.17) is 0 Å². The van der Waals surface area contributed by atoms with Crippen LogP contribution in [-0.2, 0) is 0 Å². The quantitative estimate of drug-likeness (QED) is 0.804. The number of hydrogen-bond acceptors (Lipinski definition) is 3. The molecule has 1 amide bonds. The lowest BCUT2D eigenvalue weighted by Crippen LogP contribution is -2.12. The van der Waals surface area contributed by atoms with Crippen LogP contribution in [0, 0.1) is 6.92 Å². The molecule has 0 atom stereocenters. The Morgan fingerprint density at radius 3 is 2.43 bits per heavy atom. The molecule has 4 heteroatoms. The highest BCUT2D eigenvalue weighted by Crippen LogP contribution is 2.20. The number of rotatable bonds is 5. The Kier molecular flexibility index (Phi) is 5.28. The fourth-order valence-corrected chi connectivity index (χ4v) is 2.48. The predicted molar refractivity (Wildman–Crippen MR) is 91.5 cm³/mol. The minimum atomic E-state index is -0.0851. The third-order valence-corrected chi connectivity index (χ3v) is 3.95. The number of nitrogens with one attached hydrogen (secondary N) is 2. The van der Waals surface area contributed by atoms with Gasteiger partial charge in [0.1, 0.15) is 0 Å². The highest BCUT2D eigenvalue weighted by molar-refractivity contribution is 7.98. The Labute approximate surface area is 130 Å². The van der Waals surface area contributed by atoms with E-state index in [1.165, 1.54) is 4.90 Å². The van der Waals surface area contributed by atoms with Crippen molar-refractivity contribution in [2.45, 2.75) is 18.7 Å². The van der Waals surface area contributed by atoms with Gasteiger partial charge in [0.15, 0.2) is 0 Å². The van der Waals surface area contributed by atoms with Gasteiger partial charge < -0.3 is 10.6 Å². The molecule has 2 rings (SSSR count). The summed E-state index contributed by atoms with van der Waals surface area (Å²) in [4.78, 5) is 13.4. The molecule has 21 heavy (non-hydrogen) atoms. The first kappa shape index (κ1) is 15.4. The number of carbonyl (C=O) groups is 1. The molecule has 2 N–H and O–H groups in total. The van der Waals surface area contributed by atoms with Gasteiger partial charge in [0.25, 0.3) is 5.91 Å². The van der Waals surface area contributed by atoms with Crippen LogP contribution in [0.2, 0.25) is 0 Å². The van der Waals surface area contributed by atoms with Crippen molar-refractivity contribution in [3.8, 4) is 0 Å². The lowest BCUT2D eigenvalue weighted by molar-refractivity contribution is 0.102. The average Bonchev–Trinajstić information content (AvgIpc) is 2.50. The zero-order chi connectivity index (χ0) is 15.2.